The van der Waals surface area contributed by atoms with E-state index in [0.717, 1.165) is 5.56 Å². The lowest BCUT2D eigenvalue weighted by Gasteiger charge is -2.13. The highest BCUT2D eigenvalue weighted by Gasteiger charge is 2.31. The summed E-state index contributed by atoms with van der Waals surface area (Å²) in [6.07, 6.45) is 2.14. The number of hydrogen-bond donors (Lipinski definition) is 1. The second-order valence-corrected chi connectivity index (χ2v) is 8.07. The summed E-state index contributed by atoms with van der Waals surface area (Å²) in [6.45, 7) is 0.308. The van der Waals surface area contributed by atoms with Crippen LogP contribution in [0.1, 0.15) is 18.4 Å². The number of halogens is 1. The Kier molecular flexibility index (Phi) is 6.72. The maximum absolute atomic E-state index is 12.5. The third kappa shape index (κ3) is 5.34. The first-order chi connectivity index (χ1) is 13.4. The van der Waals surface area contributed by atoms with Crippen molar-refractivity contribution in [3.05, 3.63) is 64.0 Å². The molecule has 0 saturated carbocycles. The second-order valence-electron chi connectivity index (χ2n) is 5.96. The van der Waals surface area contributed by atoms with Gasteiger partial charge in [0.05, 0.1) is 4.91 Å². The summed E-state index contributed by atoms with van der Waals surface area (Å²) in [5.41, 5.74) is 0.842. The predicted octanol–water partition coefficient (Wildman–Crippen LogP) is 5.20. The van der Waals surface area contributed by atoms with Gasteiger partial charge in [-0.25, -0.2) is 0 Å². The number of amides is 1. The molecule has 0 aliphatic carbocycles. The molecule has 1 fully saturated rings. The fraction of sp³-hybridized carbons (Fsp3) is 0.150. The molecule has 1 amide bonds. The van der Waals surface area contributed by atoms with E-state index in [0.29, 0.717) is 38.7 Å². The topological polar surface area (TPSA) is 66.8 Å². The maximum Gasteiger partial charge on any atom is 0.303 e. The molecule has 2 aromatic carbocycles. The molecule has 1 heterocycles. The highest BCUT2D eigenvalue weighted by Crippen LogP contribution is 2.33. The van der Waals surface area contributed by atoms with Gasteiger partial charge in [0.1, 0.15) is 15.8 Å². The molecule has 1 saturated heterocycles. The zero-order chi connectivity index (χ0) is 20.1. The second kappa shape index (κ2) is 9.23. The Morgan fingerprint density at radius 3 is 2.36 bits per heavy atom. The standard InChI is InChI=1S/C20H16ClNO4S2/c21-14-5-9-16(10-6-14)26-15-7-3-13(4-8-15)12-17-19(25)22(20(27)28-17)11-1-2-18(23)24/h3-10,12H,1-2,11H2,(H,23,24)/b17-12-. The lowest BCUT2D eigenvalue weighted by Crippen LogP contribution is -2.29. The molecule has 1 aliphatic rings. The third-order valence-electron chi connectivity index (χ3n) is 3.87. The molecule has 3 rings (SSSR count). The smallest absolute Gasteiger partial charge is 0.303 e. The number of aliphatic carboxylic acids is 1. The normalized spacial score (nSPS) is 15.3. The number of ether oxygens (including phenoxy) is 1. The van der Waals surface area contributed by atoms with Crippen molar-refractivity contribution >= 4 is 57.9 Å². The molecule has 0 bridgehead atoms. The molecule has 5 nitrogen and oxygen atoms in total. The van der Waals surface area contributed by atoms with Gasteiger partial charge in [-0.15, -0.1) is 0 Å². The zero-order valence-electron chi connectivity index (χ0n) is 14.6. The molecule has 28 heavy (non-hydrogen) atoms. The molecule has 144 valence electrons. The highest BCUT2D eigenvalue weighted by molar-refractivity contribution is 8.26. The van der Waals surface area contributed by atoms with Crippen LogP contribution in [0.2, 0.25) is 5.02 Å². The largest absolute Gasteiger partial charge is 0.481 e. The number of thiocarbonyl (C=S) groups is 1. The maximum atomic E-state index is 12.5. The number of nitrogens with zero attached hydrogens (tertiary/aromatic N) is 1. The summed E-state index contributed by atoms with van der Waals surface area (Å²) in [5, 5.41) is 9.37. The molecule has 0 atom stereocenters. The number of hydrogen-bond acceptors (Lipinski definition) is 5. The van der Waals surface area contributed by atoms with E-state index in [9.17, 15) is 9.59 Å². The first kappa shape index (κ1) is 20.4. The van der Waals surface area contributed by atoms with E-state index in [1.54, 1.807) is 30.3 Å². The highest BCUT2D eigenvalue weighted by atomic mass is 35.5. The Labute approximate surface area is 176 Å². The van der Waals surface area contributed by atoms with Crippen molar-refractivity contribution in [2.24, 2.45) is 0 Å². The van der Waals surface area contributed by atoms with E-state index in [4.69, 9.17) is 33.7 Å². The van der Waals surface area contributed by atoms with Crippen molar-refractivity contribution in [1.82, 2.24) is 4.90 Å². The van der Waals surface area contributed by atoms with Crippen LogP contribution in [0.15, 0.2) is 53.4 Å². The van der Waals surface area contributed by atoms with E-state index >= 15 is 0 Å². The quantitative estimate of drug-likeness (QED) is 0.478. The number of benzene rings is 2. The summed E-state index contributed by atoms with van der Waals surface area (Å²) in [4.78, 5) is 25.1. The molecule has 0 aromatic heterocycles. The van der Waals surface area contributed by atoms with Crippen molar-refractivity contribution in [2.75, 3.05) is 6.54 Å². The minimum absolute atomic E-state index is 0.00515. The molecule has 0 radical (unpaired) electrons. The summed E-state index contributed by atoms with van der Waals surface area (Å²) >= 11 is 12.3. The van der Waals surface area contributed by atoms with Crippen LogP contribution in [0.5, 0.6) is 11.5 Å². The van der Waals surface area contributed by atoms with Crippen LogP contribution in [-0.2, 0) is 9.59 Å². The van der Waals surface area contributed by atoms with E-state index in [-0.39, 0.29) is 12.3 Å². The molecule has 1 N–H and O–H groups in total. The van der Waals surface area contributed by atoms with Crippen molar-refractivity contribution in [1.29, 1.82) is 0 Å². The molecule has 2 aromatic rings. The van der Waals surface area contributed by atoms with Gasteiger partial charge >= 0.3 is 5.97 Å². The summed E-state index contributed by atoms with van der Waals surface area (Å²) in [7, 11) is 0. The van der Waals surface area contributed by atoms with Gasteiger partial charge < -0.3 is 9.84 Å². The zero-order valence-corrected chi connectivity index (χ0v) is 17.0. The van der Waals surface area contributed by atoms with Gasteiger partial charge in [-0.2, -0.15) is 0 Å². The van der Waals surface area contributed by atoms with Crippen LogP contribution in [0.25, 0.3) is 6.08 Å². The SMILES string of the molecule is O=C(O)CCCN1C(=O)/C(=C/c2ccc(Oc3ccc(Cl)cc3)cc2)SC1=S. The number of carbonyl (C=O) groups is 2. The molecular formula is C20H16ClNO4S2. The Morgan fingerprint density at radius 2 is 1.75 bits per heavy atom. The van der Waals surface area contributed by atoms with Gasteiger partial charge in [0.2, 0.25) is 0 Å². The molecule has 1 aliphatic heterocycles. The van der Waals surface area contributed by atoms with Crippen LogP contribution in [0.3, 0.4) is 0 Å². The number of carbonyl (C=O) groups excluding carboxylic acids is 1. The minimum Gasteiger partial charge on any atom is -0.481 e. The van der Waals surface area contributed by atoms with Crippen molar-refractivity contribution in [3.63, 3.8) is 0 Å². The Morgan fingerprint density at radius 1 is 1.14 bits per heavy atom. The number of carboxylic acid groups (broad SMARTS) is 1. The van der Waals surface area contributed by atoms with Crippen LogP contribution >= 0.6 is 35.6 Å². The average molecular weight is 434 g/mol. The molecule has 0 unspecified atom stereocenters. The van der Waals surface area contributed by atoms with Crippen molar-refractivity contribution in [2.45, 2.75) is 12.8 Å². The van der Waals surface area contributed by atoms with Gasteiger partial charge in [-0.3, -0.25) is 14.5 Å². The summed E-state index contributed by atoms with van der Waals surface area (Å²) in [5.74, 6) is 0.267. The fourth-order valence-corrected chi connectivity index (χ4v) is 3.94. The van der Waals surface area contributed by atoms with Gasteiger partial charge in [0.25, 0.3) is 5.91 Å². The number of rotatable bonds is 7. The van der Waals surface area contributed by atoms with Gasteiger partial charge in [-0.1, -0.05) is 47.7 Å². The van der Waals surface area contributed by atoms with E-state index in [1.165, 1.54) is 16.7 Å². The number of thioether (sulfide) groups is 1. The van der Waals surface area contributed by atoms with E-state index < -0.39 is 5.97 Å². The third-order valence-corrected chi connectivity index (χ3v) is 5.50. The van der Waals surface area contributed by atoms with Crippen LogP contribution in [0.4, 0.5) is 0 Å². The van der Waals surface area contributed by atoms with E-state index in [1.807, 2.05) is 24.3 Å². The Hall–Kier alpha value is -2.35. The van der Waals surface area contributed by atoms with Gasteiger partial charge in [0, 0.05) is 18.0 Å². The monoisotopic (exact) mass is 433 g/mol. The summed E-state index contributed by atoms with van der Waals surface area (Å²) in [6, 6.07) is 14.4. The molecule has 0 spiro atoms. The Balaban J connectivity index is 1.64. The lowest BCUT2D eigenvalue weighted by atomic mass is 10.2. The van der Waals surface area contributed by atoms with Crippen LogP contribution in [0, 0.1) is 0 Å². The van der Waals surface area contributed by atoms with Crippen LogP contribution in [-0.4, -0.2) is 32.7 Å². The van der Waals surface area contributed by atoms with E-state index in [2.05, 4.69) is 0 Å². The van der Waals surface area contributed by atoms with Crippen molar-refractivity contribution in [3.8, 4) is 11.5 Å². The van der Waals surface area contributed by atoms with Crippen LogP contribution < -0.4 is 4.74 Å². The minimum atomic E-state index is -0.887. The molecular weight excluding hydrogens is 418 g/mol. The average Bonchev–Trinajstić information content (AvgIpc) is 2.92. The predicted molar refractivity (Wildman–Crippen MR) is 115 cm³/mol. The first-order valence-electron chi connectivity index (χ1n) is 8.43. The van der Waals surface area contributed by atoms with Gasteiger partial charge in [0.15, 0.2) is 0 Å². The first-order valence-corrected chi connectivity index (χ1v) is 10.0. The lowest BCUT2D eigenvalue weighted by molar-refractivity contribution is -0.137. The fourth-order valence-electron chi connectivity index (χ4n) is 2.50. The Bertz CT molecular complexity index is 926. The summed E-state index contributed by atoms with van der Waals surface area (Å²) < 4.78 is 6.20. The van der Waals surface area contributed by atoms with Gasteiger partial charge in [-0.05, 0) is 54.5 Å². The van der Waals surface area contributed by atoms with Crippen molar-refractivity contribution < 1.29 is 19.4 Å². The number of carboxylic acids is 1. The molecule has 8 heteroatoms.